The molecule has 0 N–H and O–H groups in total. The third-order valence-corrected chi connectivity index (χ3v) is 3.12. The van der Waals surface area contributed by atoms with Crippen LogP contribution in [0.3, 0.4) is 0 Å². The van der Waals surface area contributed by atoms with Crippen LogP contribution in [0.4, 0.5) is 0 Å². The molecule has 8 heavy (non-hydrogen) atoms. The van der Waals surface area contributed by atoms with Crippen molar-refractivity contribution in [1.29, 1.82) is 0 Å². The van der Waals surface area contributed by atoms with E-state index in [-0.39, 0.29) is 0 Å². The van der Waals surface area contributed by atoms with E-state index in [2.05, 4.69) is 49.5 Å². The van der Waals surface area contributed by atoms with E-state index in [1.165, 1.54) is 23.7 Å². The molecular formula is C6H10BrI. The highest BCUT2D eigenvalue weighted by atomic mass is 127. The fraction of sp³-hybridized carbons (Fsp3) is 0.667. The third kappa shape index (κ3) is 5.09. The van der Waals surface area contributed by atoms with Gasteiger partial charge in [-0.3, -0.25) is 0 Å². The Morgan fingerprint density at radius 3 is 2.75 bits per heavy atom. The molecule has 0 spiro atoms. The van der Waals surface area contributed by atoms with Gasteiger partial charge in [-0.2, -0.15) is 0 Å². The summed E-state index contributed by atoms with van der Waals surface area (Å²) in [4.78, 5) is 0. The molecule has 0 bridgehead atoms. The van der Waals surface area contributed by atoms with Crippen LogP contribution >= 0.6 is 38.5 Å². The molecule has 0 aliphatic carbocycles. The van der Waals surface area contributed by atoms with Crippen molar-refractivity contribution in [3.8, 4) is 0 Å². The zero-order valence-electron chi connectivity index (χ0n) is 4.95. The van der Waals surface area contributed by atoms with E-state index >= 15 is 0 Å². The molecule has 2 heteroatoms. The maximum atomic E-state index is 3.43. The van der Waals surface area contributed by atoms with Gasteiger partial charge in [-0.15, -0.1) is 0 Å². The fourth-order valence-corrected chi connectivity index (χ4v) is 0.992. The highest BCUT2D eigenvalue weighted by Gasteiger charge is 1.86. The second kappa shape index (κ2) is 6.08. The second-order valence-corrected chi connectivity index (χ2v) is 3.30. The van der Waals surface area contributed by atoms with Crippen LogP contribution in [-0.4, -0.2) is 0 Å². The number of unbranched alkanes of at least 4 members (excludes halogenated alkanes) is 1. The highest BCUT2D eigenvalue weighted by Crippen LogP contribution is 2.15. The van der Waals surface area contributed by atoms with Crippen LogP contribution in [0.25, 0.3) is 0 Å². The Morgan fingerprint density at radius 1 is 1.75 bits per heavy atom. The number of halogens is 2. The molecule has 0 aromatic carbocycles. The number of hydrogen-bond acceptors (Lipinski definition) is 0. The smallest absolute Gasteiger partial charge is 0.00112 e. The van der Waals surface area contributed by atoms with Crippen LogP contribution < -0.4 is 0 Å². The predicted octanol–water partition coefficient (Wildman–Crippen LogP) is 3.85. The molecule has 0 aromatic heterocycles. The lowest BCUT2D eigenvalue weighted by Crippen LogP contribution is -1.69. The van der Waals surface area contributed by atoms with Crippen molar-refractivity contribution in [3.63, 3.8) is 0 Å². The molecule has 0 fully saturated rings. The van der Waals surface area contributed by atoms with Crippen molar-refractivity contribution in [2.24, 2.45) is 0 Å². The topological polar surface area (TPSA) is 0 Å². The van der Waals surface area contributed by atoms with E-state index < -0.39 is 0 Å². The minimum Gasteiger partial charge on any atom is -0.0654 e. The number of rotatable bonds is 3. The monoisotopic (exact) mass is 288 g/mol. The molecule has 0 amide bonds. The zero-order chi connectivity index (χ0) is 6.41. The van der Waals surface area contributed by atoms with Gasteiger partial charge < -0.3 is 0 Å². The first-order valence-electron chi connectivity index (χ1n) is 2.76. The van der Waals surface area contributed by atoms with Crippen molar-refractivity contribution in [3.05, 3.63) is 8.57 Å². The molecule has 0 saturated carbocycles. The van der Waals surface area contributed by atoms with Crippen molar-refractivity contribution in [2.75, 3.05) is 0 Å². The molecular weight excluding hydrogens is 279 g/mol. The lowest BCUT2D eigenvalue weighted by Gasteiger charge is -1.91. The largest absolute Gasteiger partial charge is 0.0654 e. The SMILES string of the molecule is CCCC/C(Br)=C/I. The van der Waals surface area contributed by atoms with Gasteiger partial charge in [-0.1, -0.05) is 51.9 Å². The molecule has 0 aromatic rings. The summed E-state index contributed by atoms with van der Waals surface area (Å²) in [5.74, 6) is 0. The summed E-state index contributed by atoms with van der Waals surface area (Å²) in [5, 5.41) is 0. The van der Waals surface area contributed by atoms with Gasteiger partial charge in [0.2, 0.25) is 0 Å². The lowest BCUT2D eigenvalue weighted by molar-refractivity contribution is 0.811. The second-order valence-electron chi connectivity index (χ2n) is 1.66. The Labute approximate surface area is 73.0 Å². The Hall–Kier alpha value is 0.950. The van der Waals surface area contributed by atoms with Crippen molar-refractivity contribution in [2.45, 2.75) is 26.2 Å². The first-order chi connectivity index (χ1) is 3.81. The van der Waals surface area contributed by atoms with E-state index in [9.17, 15) is 0 Å². The fourth-order valence-electron chi connectivity index (χ4n) is 0.400. The maximum absolute atomic E-state index is 3.43. The van der Waals surface area contributed by atoms with Crippen LogP contribution in [0, 0.1) is 0 Å². The molecule has 0 aliphatic heterocycles. The van der Waals surface area contributed by atoms with Crippen LogP contribution in [0.15, 0.2) is 8.57 Å². The average Bonchev–Trinajstić information content (AvgIpc) is 1.83. The van der Waals surface area contributed by atoms with Crippen molar-refractivity contribution >= 4 is 38.5 Å². The standard InChI is InChI=1S/C6H10BrI/c1-2-3-4-6(7)5-8/h5H,2-4H2,1H3/b6-5-. The molecule has 0 unspecified atom stereocenters. The molecule has 0 atom stereocenters. The molecule has 0 saturated heterocycles. The summed E-state index contributed by atoms with van der Waals surface area (Å²) in [6.07, 6.45) is 3.76. The lowest BCUT2D eigenvalue weighted by atomic mass is 10.2. The summed E-state index contributed by atoms with van der Waals surface area (Å²) < 4.78 is 3.40. The van der Waals surface area contributed by atoms with Crippen LogP contribution in [0.2, 0.25) is 0 Å². The van der Waals surface area contributed by atoms with Gasteiger partial charge in [-0.05, 0) is 16.9 Å². The Bertz CT molecular complexity index is 78.6. The van der Waals surface area contributed by atoms with E-state index in [0.717, 1.165) is 0 Å². The van der Waals surface area contributed by atoms with E-state index in [1.54, 1.807) is 0 Å². The normalized spacial score (nSPS) is 12.1. The minimum atomic E-state index is 1.19. The quantitative estimate of drug-likeness (QED) is 0.692. The first kappa shape index (κ1) is 8.95. The first-order valence-corrected chi connectivity index (χ1v) is 4.80. The third-order valence-electron chi connectivity index (χ3n) is 0.888. The number of allylic oxidation sites excluding steroid dienone is 1. The molecule has 0 aliphatic rings. The van der Waals surface area contributed by atoms with E-state index in [0.29, 0.717) is 0 Å². The highest BCUT2D eigenvalue weighted by molar-refractivity contribution is 14.1. The summed E-state index contributed by atoms with van der Waals surface area (Å²) in [7, 11) is 0. The summed E-state index contributed by atoms with van der Waals surface area (Å²) in [6.45, 7) is 2.20. The Balaban J connectivity index is 3.12. The van der Waals surface area contributed by atoms with E-state index in [4.69, 9.17) is 0 Å². The van der Waals surface area contributed by atoms with Gasteiger partial charge in [0.25, 0.3) is 0 Å². The summed E-state index contributed by atoms with van der Waals surface area (Å²) in [5.41, 5.74) is 0. The summed E-state index contributed by atoms with van der Waals surface area (Å²) in [6, 6.07) is 0. The molecule has 0 heterocycles. The average molecular weight is 289 g/mol. The predicted molar refractivity (Wildman–Crippen MR) is 50.6 cm³/mol. The Kier molecular flexibility index (Phi) is 6.80. The van der Waals surface area contributed by atoms with Crippen molar-refractivity contribution < 1.29 is 0 Å². The van der Waals surface area contributed by atoms with Gasteiger partial charge in [0, 0.05) is 4.48 Å². The maximum Gasteiger partial charge on any atom is 0.00112 e. The van der Waals surface area contributed by atoms with E-state index in [1.807, 2.05) is 0 Å². The minimum absolute atomic E-state index is 1.19. The van der Waals surface area contributed by atoms with Gasteiger partial charge in [0.1, 0.15) is 0 Å². The van der Waals surface area contributed by atoms with Gasteiger partial charge in [0.15, 0.2) is 0 Å². The molecule has 48 valence electrons. The molecule has 0 nitrogen and oxygen atoms in total. The number of hydrogen-bond donors (Lipinski definition) is 0. The van der Waals surface area contributed by atoms with Crippen LogP contribution in [-0.2, 0) is 0 Å². The Morgan fingerprint density at radius 2 is 2.38 bits per heavy atom. The van der Waals surface area contributed by atoms with Crippen molar-refractivity contribution in [1.82, 2.24) is 0 Å². The van der Waals surface area contributed by atoms with Crippen LogP contribution in [0.5, 0.6) is 0 Å². The molecule has 0 rings (SSSR count). The van der Waals surface area contributed by atoms with Gasteiger partial charge in [-0.25, -0.2) is 0 Å². The zero-order valence-corrected chi connectivity index (χ0v) is 8.70. The van der Waals surface area contributed by atoms with Gasteiger partial charge in [0.05, 0.1) is 0 Å². The summed E-state index contributed by atoms with van der Waals surface area (Å²) >= 11 is 5.68. The van der Waals surface area contributed by atoms with Gasteiger partial charge >= 0.3 is 0 Å². The molecule has 0 radical (unpaired) electrons. The van der Waals surface area contributed by atoms with Crippen LogP contribution in [0.1, 0.15) is 26.2 Å².